The normalized spacial score (nSPS) is 11.6. The van der Waals surface area contributed by atoms with Crippen molar-refractivity contribution < 1.29 is 13.2 Å². The van der Waals surface area contributed by atoms with Gasteiger partial charge in [0, 0.05) is 11.6 Å². The fourth-order valence-corrected chi connectivity index (χ4v) is 2.74. The van der Waals surface area contributed by atoms with Crippen LogP contribution in [-0.4, -0.2) is 20.2 Å². The number of rotatable bonds is 4. The summed E-state index contributed by atoms with van der Waals surface area (Å²) in [5.74, 6) is 0.169. The summed E-state index contributed by atoms with van der Waals surface area (Å²) in [6.45, 7) is -0.0265. The second kappa shape index (κ2) is 7.30. The fourth-order valence-electron chi connectivity index (χ4n) is 2.18. The molecule has 0 spiro atoms. The van der Waals surface area contributed by atoms with Crippen LogP contribution in [0.1, 0.15) is 11.1 Å². The van der Waals surface area contributed by atoms with Crippen LogP contribution in [-0.2, 0) is 12.7 Å². The van der Waals surface area contributed by atoms with E-state index >= 15 is 0 Å². The molecule has 1 N–H and O–H groups in total. The summed E-state index contributed by atoms with van der Waals surface area (Å²) in [5, 5.41) is 14.7. The third kappa shape index (κ3) is 3.87. The Kier molecular flexibility index (Phi) is 5.27. The lowest BCUT2D eigenvalue weighted by Crippen LogP contribution is -2.10. The van der Waals surface area contributed by atoms with Crippen LogP contribution in [0.4, 0.5) is 19.1 Å². The summed E-state index contributed by atoms with van der Waals surface area (Å²) in [5.41, 5.74) is -0.133. The molecule has 3 aromatic rings. The molecule has 3 rings (SSSR count). The molecule has 0 amide bonds. The number of tetrazole rings is 1. The molecule has 0 unspecified atom stereocenters. The molecule has 136 valence electrons. The summed E-state index contributed by atoms with van der Waals surface area (Å²) in [4.78, 5) is 0. The van der Waals surface area contributed by atoms with Crippen molar-refractivity contribution in [2.24, 2.45) is 0 Å². The zero-order chi connectivity index (χ0) is 18.9. The second-order valence-corrected chi connectivity index (χ2v) is 6.34. The van der Waals surface area contributed by atoms with E-state index in [9.17, 15) is 13.2 Å². The Morgan fingerprint density at radius 3 is 2.54 bits per heavy atom. The lowest BCUT2D eigenvalue weighted by molar-refractivity contribution is -0.137. The van der Waals surface area contributed by atoms with Crippen molar-refractivity contribution in [3.05, 3.63) is 62.6 Å². The van der Waals surface area contributed by atoms with Crippen LogP contribution in [0.2, 0.25) is 15.1 Å². The minimum Gasteiger partial charge on any atom is -0.349 e. The third-order valence-electron chi connectivity index (χ3n) is 3.44. The molecular weight excluding hydrogens is 414 g/mol. The zero-order valence-electron chi connectivity index (χ0n) is 12.7. The number of nitrogens with one attached hydrogen (secondary N) is 1. The first-order valence-electron chi connectivity index (χ1n) is 7.09. The fraction of sp³-hybridized carbons (Fsp3) is 0.133. The van der Waals surface area contributed by atoms with Gasteiger partial charge in [-0.2, -0.15) is 17.9 Å². The smallest absolute Gasteiger partial charge is 0.349 e. The molecule has 0 aliphatic rings. The first-order chi connectivity index (χ1) is 12.3. The van der Waals surface area contributed by atoms with Crippen molar-refractivity contribution in [2.75, 3.05) is 5.32 Å². The Bertz CT molecular complexity index is 943. The van der Waals surface area contributed by atoms with Gasteiger partial charge in [-0.05, 0) is 46.3 Å². The number of benzene rings is 2. The third-order valence-corrected chi connectivity index (χ3v) is 4.62. The van der Waals surface area contributed by atoms with E-state index in [1.165, 1.54) is 10.7 Å². The number of nitrogens with zero attached hydrogens (tertiary/aromatic N) is 4. The minimum atomic E-state index is -4.46. The van der Waals surface area contributed by atoms with Crippen LogP contribution in [0.5, 0.6) is 0 Å². The molecule has 1 heterocycles. The number of anilines is 1. The Morgan fingerprint density at radius 2 is 1.81 bits per heavy atom. The quantitative estimate of drug-likeness (QED) is 0.624. The van der Waals surface area contributed by atoms with E-state index in [2.05, 4.69) is 20.8 Å². The number of hydrogen-bond acceptors (Lipinski definition) is 4. The van der Waals surface area contributed by atoms with Crippen LogP contribution < -0.4 is 5.32 Å². The first-order valence-corrected chi connectivity index (χ1v) is 8.23. The van der Waals surface area contributed by atoms with Gasteiger partial charge in [-0.25, -0.2) is 0 Å². The first kappa shape index (κ1) is 18.8. The Hall–Kier alpha value is -2.03. The number of hydrogen-bond donors (Lipinski definition) is 1. The van der Waals surface area contributed by atoms with E-state index in [0.29, 0.717) is 10.7 Å². The summed E-state index contributed by atoms with van der Waals surface area (Å²) < 4.78 is 39.8. The minimum absolute atomic E-state index is 0.0265. The SMILES string of the molecule is FC(F)(F)c1ccc(Cl)c(CNc2nnnn2-c2cccc(Cl)c2Cl)c1. The summed E-state index contributed by atoms with van der Waals surface area (Å²) in [6, 6.07) is 7.99. The molecule has 0 aliphatic carbocycles. The van der Waals surface area contributed by atoms with Gasteiger partial charge in [0.1, 0.15) is 0 Å². The van der Waals surface area contributed by atoms with Crippen LogP contribution in [0.3, 0.4) is 0 Å². The highest BCUT2D eigenvalue weighted by Gasteiger charge is 2.30. The van der Waals surface area contributed by atoms with Gasteiger partial charge < -0.3 is 5.32 Å². The van der Waals surface area contributed by atoms with Gasteiger partial charge in [-0.15, -0.1) is 0 Å². The van der Waals surface area contributed by atoms with Crippen LogP contribution in [0.25, 0.3) is 5.69 Å². The monoisotopic (exact) mass is 421 g/mol. The maximum absolute atomic E-state index is 12.9. The molecule has 0 radical (unpaired) electrons. The van der Waals surface area contributed by atoms with Crippen molar-refractivity contribution >= 4 is 40.8 Å². The van der Waals surface area contributed by atoms with Crippen LogP contribution >= 0.6 is 34.8 Å². The van der Waals surface area contributed by atoms with Crippen molar-refractivity contribution in [1.82, 2.24) is 20.2 Å². The van der Waals surface area contributed by atoms with Crippen LogP contribution in [0, 0.1) is 0 Å². The van der Waals surface area contributed by atoms with E-state index in [4.69, 9.17) is 34.8 Å². The number of aromatic nitrogens is 4. The van der Waals surface area contributed by atoms with E-state index in [0.717, 1.165) is 12.1 Å². The topological polar surface area (TPSA) is 55.6 Å². The maximum atomic E-state index is 12.9. The van der Waals surface area contributed by atoms with Crippen LogP contribution in [0.15, 0.2) is 36.4 Å². The van der Waals surface area contributed by atoms with E-state index in [-0.39, 0.29) is 28.1 Å². The second-order valence-electron chi connectivity index (χ2n) is 5.14. The van der Waals surface area contributed by atoms with E-state index in [1.807, 2.05) is 0 Å². The Balaban J connectivity index is 1.87. The van der Waals surface area contributed by atoms with E-state index in [1.54, 1.807) is 18.2 Å². The number of alkyl halides is 3. The average molecular weight is 423 g/mol. The summed E-state index contributed by atoms with van der Waals surface area (Å²) >= 11 is 18.1. The highest BCUT2D eigenvalue weighted by Crippen LogP contribution is 2.32. The lowest BCUT2D eigenvalue weighted by Gasteiger charge is -2.12. The van der Waals surface area contributed by atoms with Gasteiger partial charge in [0.15, 0.2) is 0 Å². The van der Waals surface area contributed by atoms with Gasteiger partial charge in [0.25, 0.3) is 0 Å². The average Bonchev–Trinajstić information content (AvgIpc) is 3.04. The largest absolute Gasteiger partial charge is 0.416 e. The Labute approximate surface area is 160 Å². The Morgan fingerprint density at radius 1 is 1.04 bits per heavy atom. The molecule has 1 aromatic heterocycles. The van der Waals surface area contributed by atoms with Gasteiger partial charge in [-0.1, -0.05) is 46.0 Å². The lowest BCUT2D eigenvalue weighted by atomic mass is 10.1. The molecule has 11 heteroatoms. The molecule has 0 saturated heterocycles. The van der Waals surface area contributed by atoms with Gasteiger partial charge in [0.05, 0.1) is 21.3 Å². The molecule has 0 bridgehead atoms. The molecule has 2 aromatic carbocycles. The molecule has 0 fully saturated rings. The van der Waals surface area contributed by atoms with Gasteiger partial charge in [0.2, 0.25) is 5.95 Å². The van der Waals surface area contributed by atoms with Crippen molar-refractivity contribution in [3.8, 4) is 5.69 Å². The predicted molar refractivity (Wildman–Crippen MR) is 93.0 cm³/mol. The predicted octanol–water partition coefficient (Wildman–Crippen LogP) is 5.25. The molecule has 0 saturated carbocycles. The molecule has 5 nitrogen and oxygen atoms in total. The molecule has 0 atom stereocenters. The van der Waals surface area contributed by atoms with Crippen molar-refractivity contribution in [3.63, 3.8) is 0 Å². The summed E-state index contributed by atoms with van der Waals surface area (Å²) in [6.07, 6.45) is -4.46. The van der Waals surface area contributed by atoms with Gasteiger partial charge >= 0.3 is 6.18 Å². The zero-order valence-corrected chi connectivity index (χ0v) is 15.0. The van der Waals surface area contributed by atoms with E-state index < -0.39 is 11.7 Å². The van der Waals surface area contributed by atoms with Crippen molar-refractivity contribution in [2.45, 2.75) is 12.7 Å². The maximum Gasteiger partial charge on any atom is 0.416 e. The van der Waals surface area contributed by atoms with Gasteiger partial charge in [-0.3, -0.25) is 0 Å². The van der Waals surface area contributed by atoms with Crippen molar-refractivity contribution in [1.29, 1.82) is 0 Å². The summed E-state index contributed by atoms with van der Waals surface area (Å²) in [7, 11) is 0. The standard InChI is InChI=1S/C15H9Cl3F3N5/c16-10-5-4-9(15(19,20)21)6-8(10)7-22-14-23-24-25-26(14)12-3-1-2-11(17)13(12)18/h1-6H,7H2,(H,22,23,25). The molecular formula is C15H9Cl3F3N5. The number of halogens is 6. The molecule has 0 aliphatic heterocycles. The highest BCUT2D eigenvalue weighted by atomic mass is 35.5. The highest BCUT2D eigenvalue weighted by molar-refractivity contribution is 6.43. The molecule has 26 heavy (non-hydrogen) atoms.